The predicted octanol–water partition coefficient (Wildman–Crippen LogP) is 1.19. The third-order valence-electron chi connectivity index (χ3n) is 3.31. The summed E-state index contributed by atoms with van der Waals surface area (Å²) >= 11 is 0. The van der Waals surface area contributed by atoms with Gasteiger partial charge in [0.2, 0.25) is 5.91 Å². The number of hydrogen-bond donors (Lipinski definition) is 2. The van der Waals surface area contributed by atoms with Gasteiger partial charge in [-0.2, -0.15) is 0 Å². The molecule has 1 aromatic carbocycles. The van der Waals surface area contributed by atoms with Gasteiger partial charge in [0, 0.05) is 27.3 Å². The molecule has 0 bridgehead atoms. The summed E-state index contributed by atoms with van der Waals surface area (Å²) in [5.74, 6) is -0.0971. The Balaban J connectivity index is 2.66. The van der Waals surface area contributed by atoms with Crippen LogP contribution in [-0.4, -0.2) is 57.4 Å². The standard InChI is InChI=1S/C15H25N3O3/c1-12(18(8-10-20-2)9-11-21-3)15(19)17-14-7-5-4-6-13(14)16/h4-7,12H,8-11,16H2,1-3H3,(H,17,19). The fourth-order valence-corrected chi connectivity index (χ4v) is 1.93. The smallest absolute Gasteiger partial charge is 0.241 e. The average Bonchev–Trinajstić information content (AvgIpc) is 2.49. The minimum atomic E-state index is -0.296. The van der Waals surface area contributed by atoms with Gasteiger partial charge in [-0.15, -0.1) is 0 Å². The number of nitrogens with one attached hydrogen (secondary N) is 1. The number of amides is 1. The molecule has 0 spiro atoms. The number of methoxy groups -OCH3 is 2. The summed E-state index contributed by atoms with van der Waals surface area (Å²) in [6.45, 7) is 4.32. The zero-order chi connectivity index (χ0) is 15.7. The van der Waals surface area contributed by atoms with E-state index >= 15 is 0 Å². The van der Waals surface area contributed by atoms with Crippen LogP contribution in [0.4, 0.5) is 11.4 Å². The lowest BCUT2D eigenvalue weighted by Crippen LogP contribution is -2.45. The Morgan fingerprint density at radius 3 is 2.33 bits per heavy atom. The predicted molar refractivity (Wildman–Crippen MR) is 84.3 cm³/mol. The molecule has 3 N–H and O–H groups in total. The highest BCUT2D eigenvalue weighted by atomic mass is 16.5. The van der Waals surface area contributed by atoms with Crippen molar-refractivity contribution in [3.05, 3.63) is 24.3 Å². The number of nitrogens with two attached hydrogens (primary N) is 1. The van der Waals surface area contributed by atoms with Crippen molar-refractivity contribution in [2.45, 2.75) is 13.0 Å². The normalized spacial score (nSPS) is 12.4. The second kappa shape index (κ2) is 9.33. The van der Waals surface area contributed by atoms with Gasteiger partial charge in [-0.3, -0.25) is 9.69 Å². The first-order valence-electron chi connectivity index (χ1n) is 6.97. The van der Waals surface area contributed by atoms with E-state index in [0.29, 0.717) is 37.7 Å². The SMILES string of the molecule is COCCN(CCOC)C(C)C(=O)Nc1ccccc1N. The number of ether oxygens (including phenoxy) is 2. The first-order chi connectivity index (χ1) is 10.1. The Bertz CT molecular complexity index is 432. The number of hydrogen-bond acceptors (Lipinski definition) is 5. The molecule has 1 atom stereocenters. The number of anilines is 2. The fourth-order valence-electron chi connectivity index (χ4n) is 1.93. The van der Waals surface area contributed by atoms with E-state index in [1.165, 1.54) is 0 Å². The van der Waals surface area contributed by atoms with Crippen LogP contribution in [0.1, 0.15) is 6.92 Å². The first kappa shape index (κ1) is 17.4. The van der Waals surface area contributed by atoms with Crippen LogP contribution < -0.4 is 11.1 Å². The van der Waals surface area contributed by atoms with Crippen molar-refractivity contribution in [3.63, 3.8) is 0 Å². The summed E-state index contributed by atoms with van der Waals surface area (Å²) in [5, 5.41) is 2.86. The number of benzene rings is 1. The lowest BCUT2D eigenvalue weighted by atomic mass is 10.2. The molecule has 0 aromatic heterocycles. The highest BCUT2D eigenvalue weighted by Gasteiger charge is 2.21. The molecule has 21 heavy (non-hydrogen) atoms. The molecule has 1 amide bonds. The minimum Gasteiger partial charge on any atom is -0.397 e. The molecular weight excluding hydrogens is 270 g/mol. The van der Waals surface area contributed by atoms with Crippen LogP contribution in [0, 0.1) is 0 Å². The van der Waals surface area contributed by atoms with E-state index in [9.17, 15) is 4.79 Å². The lowest BCUT2D eigenvalue weighted by Gasteiger charge is -2.27. The van der Waals surface area contributed by atoms with Crippen molar-refractivity contribution in [1.82, 2.24) is 4.90 Å². The summed E-state index contributed by atoms with van der Waals surface area (Å²) in [7, 11) is 3.29. The van der Waals surface area contributed by atoms with Crippen molar-refractivity contribution in [2.24, 2.45) is 0 Å². The monoisotopic (exact) mass is 295 g/mol. The molecule has 6 heteroatoms. The Labute approximate surface area is 126 Å². The highest BCUT2D eigenvalue weighted by molar-refractivity contribution is 5.97. The van der Waals surface area contributed by atoms with Gasteiger partial charge in [0.15, 0.2) is 0 Å². The maximum absolute atomic E-state index is 12.3. The van der Waals surface area contributed by atoms with E-state index in [1.807, 2.05) is 24.0 Å². The van der Waals surface area contributed by atoms with Gasteiger partial charge in [0.05, 0.1) is 30.6 Å². The van der Waals surface area contributed by atoms with Crippen LogP contribution in [0.25, 0.3) is 0 Å². The molecule has 6 nitrogen and oxygen atoms in total. The summed E-state index contributed by atoms with van der Waals surface area (Å²) in [6.07, 6.45) is 0. The van der Waals surface area contributed by atoms with Crippen molar-refractivity contribution >= 4 is 17.3 Å². The zero-order valence-corrected chi connectivity index (χ0v) is 13.0. The third kappa shape index (κ3) is 5.71. The Morgan fingerprint density at radius 2 is 1.81 bits per heavy atom. The Kier molecular flexibility index (Phi) is 7.74. The number of nitrogen functional groups attached to an aromatic ring is 1. The summed E-state index contributed by atoms with van der Waals surface area (Å²) in [6, 6.07) is 6.92. The van der Waals surface area contributed by atoms with Crippen LogP contribution in [0.15, 0.2) is 24.3 Å². The fraction of sp³-hybridized carbons (Fsp3) is 0.533. The van der Waals surface area contributed by atoms with Gasteiger partial charge < -0.3 is 20.5 Å². The zero-order valence-electron chi connectivity index (χ0n) is 13.0. The van der Waals surface area contributed by atoms with Gasteiger partial charge >= 0.3 is 0 Å². The minimum absolute atomic E-state index is 0.0971. The second-order valence-corrected chi connectivity index (χ2v) is 4.77. The molecule has 1 aromatic rings. The number of carbonyl (C=O) groups excluding carboxylic acids is 1. The van der Waals surface area contributed by atoms with Crippen molar-refractivity contribution in [3.8, 4) is 0 Å². The van der Waals surface area contributed by atoms with Crippen molar-refractivity contribution < 1.29 is 14.3 Å². The quantitative estimate of drug-likeness (QED) is 0.669. The third-order valence-corrected chi connectivity index (χ3v) is 3.31. The maximum atomic E-state index is 12.3. The lowest BCUT2D eigenvalue weighted by molar-refractivity contribution is -0.121. The van der Waals surface area contributed by atoms with Crippen LogP contribution in [0.5, 0.6) is 0 Å². The molecule has 1 rings (SSSR count). The molecule has 0 saturated carbocycles. The Hall–Kier alpha value is -1.63. The molecule has 0 saturated heterocycles. The van der Waals surface area contributed by atoms with Gasteiger partial charge in [-0.1, -0.05) is 12.1 Å². The molecule has 0 aliphatic rings. The van der Waals surface area contributed by atoms with Crippen molar-refractivity contribution in [1.29, 1.82) is 0 Å². The molecule has 0 radical (unpaired) electrons. The topological polar surface area (TPSA) is 76.8 Å². The van der Waals surface area contributed by atoms with Gasteiger partial charge in [0.1, 0.15) is 0 Å². The largest absolute Gasteiger partial charge is 0.397 e. The van der Waals surface area contributed by atoms with E-state index in [2.05, 4.69) is 5.32 Å². The second-order valence-electron chi connectivity index (χ2n) is 4.77. The van der Waals surface area contributed by atoms with E-state index < -0.39 is 0 Å². The number of rotatable bonds is 9. The summed E-state index contributed by atoms with van der Waals surface area (Å²) < 4.78 is 10.2. The van der Waals surface area contributed by atoms with E-state index in [1.54, 1.807) is 26.4 Å². The van der Waals surface area contributed by atoms with E-state index in [0.717, 1.165) is 0 Å². The van der Waals surface area contributed by atoms with E-state index in [-0.39, 0.29) is 11.9 Å². The molecule has 0 aliphatic carbocycles. The number of carbonyl (C=O) groups is 1. The molecule has 0 aliphatic heterocycles. The Morgan fingerprint density at radius 1 is 1.24 bits per heavy atom. The average molecular weight is 295 g/mol. The molecule has 1 unspecified atom stereocenters. The van der Waals surface area contributed by atoms with Crippen LogP contribution in [0.2, 0.25) is 0 Å². The molecule has 0 fully saturated rings. The molecule has 0 heterocycles. The molecule has 118 valence electrons. The maximum Gasteiger partial charge on any atom is 0.241 e. The molecular formula is C15H25N3O3. The number of nitrogens with zero attached hydrogens (tertiary/aromatic N) is 1. The van der Waals surface area contributed by atoms with Gasteiger partial charge in [-0.05, 0) is 19.1 Å². The van der Waals surface area contributed by atoms with Gasteiger partial charge in [0.25, 0.3) is 0 Å². The summed E-state index contributed by atoms with van der Waals surface area (Å²) in [5.41, 5.74) is 7.02. The van der Waals surface area contributed by atoms with Crippen LogP contribution in [0.3, 0.4) is 0 Å². The first-order valence-corrected chi connectivity index (χ1v) is 6.97. The van der Waals surface area contributed by atoms with Crippen LogP contribution in [-0.2, 0) is 14.3 Å². The van der Waals surface area contributed by atoms with Gasteiger partial charge in [-0.25, -0.2) is 0 Å². The number of para-hydroxylation sites is 2. The summed E-state index contributed by atoms with van der Waals surface area (Å²) in [4.78, 5) is 14.4. The van der Waals surface area contributed by atoms with Crippen molar-refractivity contribution in [2.75, 3.05) is 51.6 Å². The highest BCUT2D eigenvalue weighted by Crippen LogP contribution is 2.17. The van der Waals surface area contributed by atoms with E-state index in [4.69, 9.17) is 15.2 Å². The van der Waals surface area contributed by atoms with Crippen LogP contribution >= 0.6 is 0 Å².